The molecule has 0 aliphatic rings. The van der Waals surface area contributed by atoms with E-state index >= 15 is 0 Å². The van der Waals surface area contributed by atoms with Crippen LogP contribution in [0, 0.1) is 0 Å². The van der Waals surface area contributed by atoms with Crippen LogP contribution in [0.15, 0.2) is 62.3 Å². The van der Waals surface area contributed by atoms with Crippen molar-refractivity contribution in [2.75, 3.05) is 20.3 Å². The molecule has 0 spiro atoms. The summed E-state index contributed by atoms with van der Waals surface area (Å²) in [5.41, 5.74) is 1.05. The average molecular weight is 268 g/mol. The molecule has 0 aliphatic heterocycles. The summed E-state index contributed by atoms with van der Waals surface area (Å²) in [4.78, 5) is 0. The van der Waals surface area contributed by atoms with Gasteiger partial charge in [-0.25, -0.2) is 0 Å². The zero-order valence-electron chi connectivity index (χ0n) is 13.2. The molecule has 0 rings (SSSR count). The Morgan fingerprint density at radius 3 is 1.79 bits per heavy atom. The van der Waals surface area contributed by atoms with E-state index in [0.29, 0.717) is 13.0 Å². The topological polar surface area (TPSA) is 29.5 Å². The van der Waals surface area contributed by atoms with E-state index in [9.17, 15) is 0 Å². The highest BCUT2D eigenvalue weighted by Crippen LogP contribution is 1.94. The number of hydrogen-bond donors (Lipinski definition) is 1. The molecule has 2 nitrogen and oxygen atoms in total. The zero-order valence-corrected chi connectivity index (χ0v) is 13.2. The van der Waals surface area contributed by atoms with Gasteiger partial charge in [0.2, 0.25) is 0 Å². The summed E-state index contributed by atoms with van der Waals surface area (Å²) in [6, 6.07) is 0. The van der Waals surface area contributed by atoms with Crippen molar-refractivity contribution in [2.24, 2.45) is 0 Å². The van der Waals surface area contributed by atoms with E-state index in [-0.39, 0.29) is 6.61 Å². The van der Waals surface area contributed by atoms with E-state index in [1.165, 1.54) is 0 Å². The van der Waals surface area contributed by atoms with E-state index in [2.05, 4.69) is 26.3 Å². The Labute approximate surface area is 120 Å². The maximum absolute atomic E-state index is 8.00. The van der Waals surface area contributed by atoms with Gasteiger partial charge < -0.3 is 9.84 Å². The van der Waals surface area contributed by atoms with Gasteiger partial charge in [0, 0.05) is 13.7 Å². The van der Waals surface area contributed by atoms with Crippen molar-refractivity contribution >= 4 is 0 Å². The first-order valence-electron chi connectivity index (χ1n) is 6.40. The molecule has 0 amide bonds. The van der Waals surface area contributed by atoms with Gasteiger partial charge >= 0.3 is 0 Å². The van der Waals surface area contributed by atoms with Gasteiger partial charge in [-0.05, 0) is 18.9 Å². The highest BCUT2D eigenvalue weighted by atomic mass is 16.5. The van der Waals surface area contributed by atoms with Crippen molar-refractivity contribution in [1.29, 1.82) is 0 Å². The molecule has 0 fully saturated rings. The second kappa shape index (κ2) is 36.0. The molecule has 0 aromatic rings. The number of hydrogen-bond acceptors (Lipinski definition) is 2. The van der Waals surface area contributed by atoms with Crippen molar-refractivity contribution < 1.29 is 9.84 Å². The van der Waals surface area contributed by atoms with Gasteiger partial charge in [0.1, 0.15) is 0 Å². The molecule has 0 radical (unpaired) electrons. The van der Waals surface area contributed by atoms with E-state index in [0.717, 1.165) is 5.57 Å². The van der Waals surface area contributed by atoms with Crippen LogP contribution in [0.5, 0.6) is 0 Å². The molecule has 0 aliphatic carbocycles. The Balaban J connectivity index is -0.0000000952. The number of methoxy groups -OCH3 is 1. The van der Waals surface area contributed by atoms with Gasteiger partial charge in [-0.15, -0.1) is 13.2 Å². The molecule has 2 heteroatoms. The van der Waals surface area contributed by atoms with E-state index in [1.54, 1.807) is 31.4 Å². The predicted molar refractivity (Wildman–Crippen MR) is 89.5 cm³/mol. The molecule has 0 aromatic heterocycles. The predicted octanol–water partition coefficient (Wildman–Crippen LogP) is 4.70. The summed E-state index contributed by atoms with van der Waals surface area (Å²) < 4.78 is 4.86. The summed E-state index contributed by atoms with van der Waals surface area (Å²) in [6.07, 6.45) is 9.48. The van der Waals surface area contributed by atoms with Crippen LogP contribution in [0.4, 0.5) is 0 Å². The number of ether oxygens (including phenoxy) is 1. The molecule has 0 atom stereocenters. The third-order valence-corrected chi connectivity index (χ3v) is 1.24. The van der Waals surface area contributed by atoms with Crippen LogP contribution in [-0.2, 0) is 4.74 Å². The Hall–Kier alpha value is -1.38. The standard InChI is InChI=1S/C8H12O.C4H8O.C3H6.C2H6/c1-4-6-8(5-2)7-9-3;1-2-3-4-5;1-3-2;1-2/h4-6H,1-2,7H2,3H3;2,5H,1,3-4H2;3H,1H2,2H3;1-2H3/b8-6+;;;. The molecule has 19 heavy (non-hydrogen) atoms. The largest absolute Gasteiger partial charge is 0.396 e. The summed E-state index contributed by atoms with van der Waals surface area (Å²) in [7, 11) is 1.65. The maximum atomic E-state index is 8.00. The Bertz CT molecular complexity index is 215. The average Bonchev–Trinajstić information content (AvgIpc) is 2.43. The molecule has 0 unspecified atom stereocenters. The van der Waals surface area contributed by atoms with Crippen molar-refractivity contribution in [1.82, 2.24) is 0 Å². The minimum absolute atomic E-state index is 0.226. The van der Waals surface area contributed by atoms with Gasteiger partial charge in [-0.2, -0.15) is 0 Å². The number of aliphatic hydroxyl groups is 1. The minimum atomic E-state index is 0.226. The molecule has 0 saturated heterocycles. The lowest BCUT2D eigenvalue weighted by Gasteiger charge is -1.95. The smallest absolute Gasteiger partial charge is 0.0712 e. The molecule has 0 heterocycles. The number of allylic oxidation sites excluding steroid dienone is 3. The van der Waals surface area contributed by atoms with Crippen LogP contribution in [0.1, 0.15) is 27.2 Å². The molecule has 0 aromatic carbocycles. The normalized spacial score (nSPS) is 8.16. The fourth-order valence-electron chi connectivity index (χ4n) is 0.584. The highest BCUT2D eigenvalue weighted by molar-refractivity contribution is 5.21. The van der Waals surface area contributed by atoms with Gasteiger partial charge in [0.05, 0.1) is 6.61 Å². The summed E-state index contributed by atoms with van der Waals surface area (Å²) in [5, 5.41) is 8.00. The zero-order chi connectivity index (χ0) is 15.9. The van der Waals surface area contributed by atoms with Gasteiger partial charge in [-0.3, -0.25) is 0 Å². The SMILES string of the molecule is C=C/C=C(\C=C)COC.C=CC.C=CCCO.CC. The summed E-state index contributed by atoms with van der Waals surface area (Å²) in [5.74, 6) is 0. The van der Waals surface area contributed by atoms with Crippen molar-refractivity contribution in [2.45, 2.75) is 27.2 Å². The lowest BCUT2D eigenvalue weighted by atomic mass is 10.2. The van der Waals surface area contributed by atoms with E-state index < -0.39 is 0 Å². The van der Waals surface area contributed by atoms with Crippen LogP contribution in [-0.4, -0.2) is 25.4 Å². The van der Waals surface area contributed by atoms with Crippen molar-refractivity contribution in [3.63, 3.8) is 0 Å². The number of rotatable bonds is 6. The van der Waals surface area contributed by atoms with Crippen LogP contribution in [0.3, 0.4) is 0 Å². The first kappa shape index (κ1) is 26.2. The monoisotopic (exact) mass is 268 g/mol. The van der Waals surface area contributed by atoms with Gasteiger partial charge in [0.25, 0.3) is 0 Å². The lowest BCUT2D eigenvalue weighted by molar-refractivity contribution is 0.228. The van der Waals surface area contributed by atoms with E-state index in [4.69, 9.17) is 9.84 Å². The third-order valence-electron chi connectivity index (χ3n) is 1.24. The molecule has 0 bridgehead atoms. The van der Waals surface area contributed by atoms with Crippen LogP contribution in [0.25, 0.3) is 0 Å². The van der Waals surface area contributed by atoms with Gasteiger partial charge in [-0.1, -0.05) is 57.4 Å². The maximum Gasteiger partial charge on any atom is 0.0712 e. The summed E-state index contributed by atoms with van der Waals surface area (Å²) in [6.45, 7) is 20.6. The quantitative estimate of drug-likeness (QED) is 0.558. The molecule has 0 saturated carbocycles. The van der Waals surface area contributed by atoms with Crippen LogP contribution < -0.4 is 0 Å². The van der Waals surface area contributed by atoms with Crippen LogP contribution in [0.2, 0.25) is 0 Å². The molecular weight excluding hydrogens is 236 g/mol. The van der Waals surface area contributed by atoms with E-state index in [1.807, 2.05) is 26.8 Å². The second-order valence-corrected chi connectivity index (χ2v) is 2.82. The fourth-order valence-corrected chi connectivity index (χ4v) is 0.584. The van der Waals surface area contributed by atoms with Crippen molar-refractivity contribution in [3.8, 4) is 0 Å². The minimum Gasteiger partial charge on any atom is -0.396 e. The Kier molecular flexibility index (Phi) is 49.6. The lowest BCUT2D eigenvalue weighted by Crippen LogP contribution is -1.89. The third kappa shape index (κ3) is 47.8. The molecule has 1 N–H and O–H groups in total. The first-order valence-corrected chi connectivity index (χ1v) is 6.40. The van der Waals surface area contributed by atoms with Crippen molar-refractivity contribution in [3.05, 3.63) is 62.3 Å². The van der Waals surface area contributed by atoms with Crippen LogP contribution >= 0.6 is 0 Å². The van der Waals surface area contributed by atoms with Gasteiger partial charge in [0.15, 0.2) is 0 Å². The second-order valence-electron chi connectivity index (χ2n) is 2.82. The molecular formula is C17H32O2. The first-order chi connectivity index (χ1) is 9.17. The summed E-state index contributed by atoms with van der Waals surface area (Å²) >= 11 is 0. The Morgan fingerprint density at radius 2 is 1.63 bits per heavy atom. The Morgan fingerprint density at radius 1 is 1.16 bits per heavy atom. The number of aliphatic hydroxyl groups excluding tert-OH is 1. The molecule has 112 valence electrons. The fraction of sp³-hybridized carbons (Fsp3) is 0.412. The highest BCUT2D eigenvalue weighted by Gasteiger charge is 1.84.